The van der Waals surface area contributed by atoms with Crippen LogP contribution in [0.3, 0.4) is 0 Å². The van der Waals surface area contributed by atoms with Gasteiger partial charge in [-0.25, -0.2) is 4.57 Å². The third-order valence-electron chi connectivity index (χ3n) is 3.28. The quantitative estimate of drug-likeness (QED) is 0.283. The van der Waals surface area contributed by atoms with E-state index in [0.29, 0.717) is 0 Å². The first-order valence-electron chi connectivity index (χ1n) is 5.93. The van der Waals surface area contributed by atoms with Gasteiger partial charge in [0.2, 0.25) is 0 Å². The van der Waals surface area contributed by atoms with Crippen LogP contribution in [0.1, 0.15) is 6.92 Å². The molecule has 0 aliphatic rings. The van der Waals surface area contributed by atoms with E-state index >= 15 is 0 Å². The zero-order valence-corrected chi connectivity index (χ0v) is 19.2. The van der Waals surface area contributed by atoms with Gasteiger partial charge in [0.25, 0.3) is 0 Å². The smallest absolute Gasteiger partial charge is 0.303 e. The summed E-state index contributed by atoms with van der Waals surface area (Å²) in [5.41, 5.74) is -1.54. The average Bonchev–Trinajstić information content (AvgIpc) is 2.38. The number of phosphoric ester groups is 1. The molecule has 0 spiro atoms. The molecule has 0 amide bonds. The Labute approximate surface area is 172 Å². The highest BCUT2D eigenvalue weighted by Gasteiger charge is 2.58. The average molecular weight is 568 g/mol. The van der Waals surface area contributed by atoms with Gasteiger partial charge < -0.3 is 9.79 Å². The Kier molecular flexibility index (Phi) is 11.2. The maximum atomic E-state index is 11.4. The van der Waals surface area contributed by atoms with Gasteiger partial charge in [0.15, 0.2) is 0 Å². The molecule has 0 radical (unpaired) electrons. The lowest BCUT2D eigenvalue weighted by atomic mass is 9.85. The van der Waals surface area contributed by atoms with E-state index < -0.39 is 28.0 Å². The fraction of sp³-hybridized carbons (Fsp3) is 1.00. The summed E-state index contributed by atoms with van der Waals surface area (Å²) in [6.07, 6.45) is 0. The van der Waals surface area contributed by atoms with Crippen LogP contribution in [0.25, 0.3) is 0 Å². The summed E-state index contributed by atoms with van der Waals surface area (Å²) in [6, 6.07) is 0. The third kappa shape index (κ3) is 6.05. The summed E-state index contributed by atoms with van der Waals surface area (Å²) in [7, 11) is -4.85. The Morgan fingerprint density at radius 1 is 1.09 bits per heavy atom. The molecule has 0 saturated heterocycles. The van der Waals surface area contributed by atoms with E-state index in [9.17, 15) is 14.4 Å². The van der Waals surface area contributed by atoms with Crippen molar-refractivity contribution in [2.45, 2.75) is 21.1 Å². The first kappa shape index (κ1) is 24.5. The second-order valence-electron chi connectivity index (χ2n) is 4.79. The molecule has 2 unspecified atom stereocenters. The fourth-order valence-corrected chi connectivity index (χ4v) is 6.53. The van der Waals surface area contributed by atoms with Crippen molar-refractivity contribution in [2.75, 3.05) is 23.5 Å². The summed E-state index contributed by atoms with van der Waals surface area (Å²) in [5, 5.41) is -0.770. The summed E-state index contributed by atoms with van der Waals surface area (Å²) in [6.45, 7) is 1.46. The lowest BCUT2D eigenvalue weighted by Gasteiger charge is -2.48. The lowest BCUT2D eigenvalue weighted by molar-refractivity contribution is 0.00362. The van der Waals surface area contributed by atoms with Crippen molar-refractivity contribution < 1.29 is 18.9 Å². The molecule has 0 aromatic rings. The molecule has 4 nitrogen and oxygen atoms in total. The molecule has 0 bridgehead atoms. The van der Waals surface area contributed by atoms with Gasteiger partial charge in [-0.3, -0.25) is 4.52 Å². The normalized spacial score (nSPS) is 17.8. The van der Waals surface area contributed by atoms with Crippen LogP contribution in [0.4, 0.5) is 0 Å². The Balaban J connectivity index is 5.88. The lowest BCUT2D eigenvalue weighted by Crippen LogP contribution is -2.58. The molecule has 0 aliphatic heterocycles. The Morgan fingerprint density at radius 2 is 1.50 bits per heavy atom. The van der Waals surface area contributed by atoms with Crippen LogP contribution >= 0.6 is 97.7 Å². The molecule has 12 heteroatoms. The Hall–Kier alpha value is 2.52. The SMILES string of the molecule is CC(OP(=O)(O)O)(C(CCl)CCl)C(Br)(Br)C(Cl)C(CCl)CCl. The summed E-state index contributed by atoms with van der Waals surface area (Å²) < 4.78 is 15.1. The number of alkyl halides is 7. The molecule has 22 heavy (non-hydrogen) atoms. The number of hydrogen-bond donors (Lipinski definition) is 2. The van der Waals surface area contributed by atoms with Crippen molar-refractivity contribution in [3.63, 3.8) is 0 Å². The van der Waals surface area contributed by atoms with Crippen LogP contribution in [0.5, 0.6) is 0 Å². The third-order valence-corrected chi connectivity index (χ3v) is 9.21. The van der Waals surface area contributed by atoms with Crippen molar-refractivity contribution in [1.29, 1.82) is 0 Å². The summed E-state index contributed by atoms with van der Waals surface area (Å²) in [4.78, 5) is 18.5. The molecule has 0 fully saturated rings. The molecule has 0 aliphatic carbocycles. The van der Waals surface area contributed by atoms with E-state index in [1.807, 2.05) is 0 Å². The van der Waals surface area contributed by atoms with E-state index in [-0.39, 0.29) is 29.4 Å². The number of halogens is 7. The molecule has 0 heterocycles. The number of rotatable bonds is 10. The molecule has 0 aromatic heterocycles. The summed E-state index contributed by atoms with van der Waals surface area (Å²) >= 11 is 36.6. The standard InChI is InChI=1S/C10H16Br2Cl5O4P/c1-9(7(4-15)5-16,21-22(18,19)20)10(11,12)8(17)6(2-13)3-14/h6-8H,2-5H2,1H3,(H2,18,19,20). The minimum Gasteiger partial charge on any atom is -0.303 e. The van der Waals surface area contributed by atoms with Crippen molar-refractivity contribution in [1.82, 2.24) is 0 Å². The second kappa shape index (κ2) is 10.0. The molecule has 2 N–H and O–H groups in total. The minimum atomic E-state index is -4.85. The van der Waals surface area contributed by atoms with E-state index in [1.165, 1.54) is 6.92 Å². The van der Waals surface area contributed by atoms with Crippen molar-refractivity contribution in [2.24, 2.45) is 11.8 Å². The predicted molar refractivity (Wildman–Crippen MR) is 102 cm³/mol. The van der Waals surface area contributed by atoms with E-state index in [1.54, 1.807) is 0 Å². The van der Waals surface area contributed by atoms with E-state index in [2.05, 4.69) is 31.9 Å². The van der Waals surface area contributed by atoms with Gasteiger partial charge >= 0.3 is 7.82 Å². The molecule has 0 saturated carbocycles. The maximum absolute atomic E-state index is 11.4. The zero-order valence-electron chi connectivity index (χ0n) is 11.4. The molecule has 0 aromatic carbocycles. The van der Waals surface area contributed by atoms with Crippen molar-refractivity contribution in [3.05, 3.63) is 0 Å². The van der Waals surface area contributed by atoms with Gasteiger partial charge in [0.1, 0.15) is 8.83 Å². The van der Waals surface area contributed by atoms with Gasteiger partial charge in [-0.15, -0.1) is 58.0 Å². The van der Waals surface area contributed by atoms with Crippen molar-refractivity contribution >= 4 is 97.7 Å². The Morgan fingerprint density at radius 3 is 1.77 bits per heavy atom. The molecular formula is C10H16Br2Cl5O4P. The van der Waals surface area contributed by atoms with Crippen molar-refractivity contribution in [3.8, 4) is 0 Å². The molecular weight excluding hydrogens is 552 g/mol. The maximum Gasteiger partial charge on any atom is 0.470 e. The van der Waals surface area contributed by atoms with Crippen LogP contribution in [-0.4, -0.2) is 47.5 Å². The van der Waals surface area contributed by atoms with Crippen LogP contribution in [0.2, 0.25) is 0 Å². The van der Waals surface area contributed by atoms with Crippen LogP contribution in [0, 0.1) is 11.8 Å². The van der Waals surface area contributed by atoms with Gasteiger partial charge in [-0.05, 0) is 6.92 Å². The predicted octanol–water partition coefficient (Wildman–Crippen LogP) is 5.14. The van der Waals surface area contributed by atoms with Gasteiger partial charge in [0, 0.05) is 35.4 Å². The zero-order chi connectivity index (χ0) is 17.8. The highest BCUT2D eigenvalue weighted by Crippen LogP contribution is 2.57. The van der Waals surface area contributed by atoms with Crippen LogP contribution in [0.15, 0.2) is 0 Å². The number of phosphoric acid groups is 1. The minimum absolute atomic E-state index is 0.00498. The van der Waals surface area contributed by atoms with Gasteiger partial charge in [0.05, 0.1) is 5.38 Å². The molecule has 2 atom stereocenters. The Bertz CT molecular complexity index is 392. The summed E-state index contributed by atoms with van der Waals surface area (Å²) in [5.74, 6) is -0.710. The largest absolute Gasteiger partial charge is 0.470 e. The highest BCUT2D eigenvalue weighted by molar-refractivity contribution is 9.25. The van der Waals surface area contributed by atoms with Gasteiger partial charge in [-0.2, -0.15) is 0 Å². The molecule has 134 valence electrons. The molecule has 0 rings (SSSR count). The van der Waals surface area contributed by atoms with Crippen LogP contribution in [-0.2, 0) is 9.09 Å². The second-order valence-corrected chi connectivity index (χ2v) is 11.2. The first-order valence-corrected chi connectivity index (χ1v) is 11.6. The fourth-order valence-electron chi connectivity index (χ4n) is 1.76. The highest BCUT2D eigenvalue weighted by atomic mass is 79.9. The van der Waals surface area contributed by atoms with E-state index in [0.717, 1.165) is 0 Å². The topological polar surface area (TPSA) is 66.8 Å². The van der Waals surface area contributed by atoms with Gasteiger partial charge in [-0.1, -0.05) is 31.9 Å². The number of hydrogen-bond acceptors (Lipinski definition) is 2. The first-order chi connectivity index (χ1) is 9.91. The van der Waals surface area contributed by atoms with E-state index in [4.69, 9.17) is 62.5 Å². The van der Waals surface area contributed by atoms with Crippen LogP contribution < -0.4 is 0 Å². The monoisotopic (exact) mass is 564 g/mol.